The number of hydrogen-bond donors (Lipinski definition) is 2. The van der Waals surface area contributed by atoms with Gasteiger partial charge in [0.1, 0.15) is 16.8 Å². The van der Waals surface area contributed by atoms with Crippen LogP contribution in [0.1, 0.15) is 24.2 Å². The van der Waals surface area contributed by atoms with Gasteiger partial charge in [-0.3, -0.25) is 14.8 Å². The van der Waals surface area contributed by atoms with Gasteiger partial charge in [0.15, 0.2) is 5.69 Å². The highest BCUT2D eigenvalue weighted by Crippen LogP contribution is 2.36. The van der Waals surface area contributed by atoms with Crippen LogP contribution in [-0.4, -0.2) is 26.1 Å². The molecule has 29 heavy (non-hydrogen) atoms. The van der Waals surface area contributed by atoms with Gasteiger partial charge in [-0.2, -0.15) is 18.3 Å². The van der Waals surface area contributed by atoms with E-state index in [-0.39, 0.29) is 5.56 Å². The van der Waals surface area contributed by atoms with Gasteiger partial charge in [-0.25, -0.2) is 9.48 Å². The summed E-state index contributed by atoms with van der Waals surface area (Å²) in [5.41, 5.74) is -4.24. The van der Waals surface area contributed by atoms with Crippen LogP contribution >= 0.6 is 11.6 Å². The van der Waals surface area contributed by atoms with E-state index in [1.165, 1.54) is 6.92 Å². The molecule has 0 fully saturated rings. The first-order valence-corrected chi connectivity index (χ1v) is 8.03. The summed E-state index contributed by atoms with van der Waals surface area (Å²) in [6, 6.07) is 2.00. The van der Waals surface area contributed by atoms with Crippen molar-refractivity contribution in [1.82, 2.24) is 19.7 Å². The fraction of sp³-hybridized carbons (Fsp3) is 0.267. The van der Waals surface area contributed by atoms with Crippen molar-refractivity contribution in [2.45, 2.75) is 25.5 Å². The molecule has 2 heterocycles. The molecule has 0 aliphatic carbocycles. The molecule has 1 atom stereocenters. The van der Waals surface area contributed by atoms with Crippen molar-refractivity contribution in [2.24, 2.45) is 0 Å². The first kappa shape index (κ1) is 20.8. The zero-order valence-electron chi connectivity index (χ0n) is 14.1. The van der Waals surface area contributed by atoms with E-state index < -0.39 is 57.3 Å². The number of alkyl halides is 6. The monoisotopic (exact) mass is 442 g/mol. The fourth-order valence-corrected chi connectivity index (χ4v) is 2.91. The Bertz CT molecular complexity index is 1190. The van der Waals surface area contributed by atoms with Crippen LogP contribution in [-0.2, 0) is 6.18 Å². The van der Waals surface area contributed by atoms with Crippen LogP contribution in [0.3, 0.4) is 0 Å². The van der Waals surface area contributed by atoms with E-state index in [4.69, 9.17) is 11.6 Å². The molecule has 0 bridgehead atoms. The minimum absolute atomic E-state index is 0.142. The van der Waals surface area contributed by atoms with Crippen molar-refractivity contribution in [2.75, 3.05) is 0 Å². The maximum Gasteiger partial charge on any atom is 0.573 e. The smallest absolute Gasteiger partial charge is 0.404 e. The summed E-state index contributed by atoms with van der Waals surface area (Å²) in [4.78, 5) is 27.2. The van der Waals surface area contributed by atoms with E-state index in [2.05, 4.69) is 14.8 Å². The van der Waals surface area contributed by atoms with Crippen LogP contribution in [0.5, 0.6) is 5.75 Å². The number of nitrogens with one attached hydrogen (secondary N) is 2. The SMILES string of the molecule is CC(c1ccc(OC(F)(F)F)c(Cl)c1)n1nc(C(F)(F)F)c2c(=O)[nH]c(=O)[nH]c21. The molecule has 1 unspecified atom stereocenters. The van der Waals surface area contributed by atoms with Crippen molar-refractivity contribution in [3.63, 3.8) is 0 Å². The zero-order valence-corrected chi connectivity index (χ0v) is 14.8. The molecule has 3 rings (SSSR count). The highest BCUT2D eigenvalue weighted by Gasteiger charge is 2.39. The van der Waals surface area contributed by atoms with Crippen LogP contribution in [0.2, 0.25) is 5.02 Å². The van der Waals surface area contributed by atoms with E-state index in [1.807, 2.05) is 0 Å². The summed E-state index contributed by atoms with van der Waals surface area (Å²) in [6.07, 6.45) is -9.99. The van der Waals surface area contributed by atoms with Gasteiger partial charge in [0, 0.05) is 0 Å². The predicted molar refractivity (Wildman–Crippen MR) is 87.9 cm³/mol. The van der Waals surface area contributed by atoms with Gasteiger partial charge in [-0.05, 0) is 24.6 Å². The molecule has 14 heteroatoms. The molecule has 0 saturated heterocycles. The summed E-state index contributed by atoms with van der Waals surface area (Å²) in [5.74, 6) is -0.707. The summed E-state index contributed by atoms with van der Waals surface area (Å²) >= 11 is 5.77. The zero-order chi connectivity index (χ0) is 21.7. The van der Waals surface area contributed by atoms with Gasteiger partial charge in [0.2, 0.25) is 0 Å². The molecule has 0 saturated carbocycles. The average Bonchev–Trinajstić information content (AvgIpc) is 2.94. The number of nitrogens with zero attached hydrogens (tertiary/aromatic N) is 2. The number of fused-ring (bicyclic) bond motifs is 1. The van der Waals surface area contributed by atoms with Crippen LogP contribution in [0.15, 0.2) is 27.8 Å². The third-order valence-electron chi connectivity index (χ3n) is 3.90. The summed E-state index contributed by atoms with van der Waals surface area (Å²) in [6.45, 7) is 1.35. The standard InChI is InChI=1S/C15H9ClF6N4O3/c1-5(6-2-3-8(7(16)4-6)29-15(20,21)22)26-11-9(10(25-26)14(17,18)19)12(27)24-13(28)23-11/h2-5H,1H3,(H2,23,24,27,28). The van der Waals surface area contributed by atoms with Crippen LogP contribution in [0, 0.1) is 0 Å². The molecule has 0 amide bonds. The molecule has 0 aliphatic heterocycles. The molecule has 156 valence electrons. The Labute approximate surface area is 160 Å². The van der Waals surface area contributed by atoms with Crippen molar-refractivity contribution < 1.29 is 31.1 Å². The maximum absolute atomic E-state index is 13.3. The Morgan fingerprint density at radius 3 is 2.34 bits per heavy atom. The minimum atomic E-state index is -5.00. The Balaban J connectivity index is 2.15. The summed E-state index contributed by atoms with van der Waals surface area (Å²) < 4.78 is 81.3. The number of H-pyrrole nitrogens is 2. The second kappa shape index (κ2) is 6.83. The first-order chi connectivity index (χ1) is 13.3. The van der Waals surface area contributed by atoms with Crippen LogP contribution in [0.4, 0.5) is 26.3 Å². The molecule has 0 aliphatic rings. The second-order valence-corrected chi connectivity index (χ2v) is 6.24. The predicted octanol–water partition coefficient (Wildman–Crippen LogP) is 3.59. The van der Waals surface area contributed by atoms with Gasteiger partial charge >= 0.3 is 18.2 Å². The van der Waals surface area contributed by atoms with E-state index in [0.29, 0.717) is 0 Å². The molecule has 2 aromatic heterocycles. The van der Waals surface area contributed by atoms with Gasteiger partial charge in [-0.1, -0.05) is 17.7 Å². The normalized spacial score (nSPS) is 13.7. The lowest BCUT2D eigenvalue weighted by atomic mass is 10.1. The topological polar surface area (TPSA) is 92.8 Å². The average molecular weight is 443 g/mol. The molecule has 7 nitrogen and oxygen atoms in total. The van der Waals surface area contributed by atoms with Gasteiger partial charge < -0.3 is 4.74 Å². The number of halogens is 7. The molecular weight excluding hydrogens is 434 g/mol. The van der Waals surface area contributed by atoms with Crippen molar-refractivity contribution in [1.29, 1.82) is 0 Å². The van der Waals surface area contributed by atoms with E-state index in [0.717, 1.165) is 22.9 Å². The molecule has 0 radical (unpaired) electrons. The van der Waals surface area contributed by atoms with Gasteiger partial charge in [0.05, 0.1) is 11.1 Å². The number of hydrogen-bond acceptors (Lipinski definition) is 4. The Morgan fingerprint density at radius 2 is 1.79 bits per heavy atom. The van der Waals surface area contributed by atoms with Crippen molar-refractivity contribution >= 4 is 22.6 Å². The third kappa shape index (κ3) is 4.09. The van der Waals surface area contributed by atoms with Crippen LogP contribution in [0.25, 0.3) is 11.0 Å². The van der Waals surface area contributed by atoms with Gasteiger partial charge in [-0.15, -0.1) is 13.2 Å². The first-order valence-electron chi connectivity index (χ1n) is 7.65. The molecule has 3 aromatic rings. The Hall–Kier alpha value is -2.96. The number of ether oxygens (including phenoxy) is 1. The quantitative estimate of drug-likeness (QED) is 0.606. The second-order valence-electron chi connectivity index (χ2n) is 5.84. The molecular formula is C15H9ClF6N4O3. The lowest BCUT2D eigenvalue weighted by Crippen LogP contribution is -2.24. The molecule has 1 aromatic carbocycles. The highest BCUT2D eigenvalue weighted by atomic mass is 35.5. The third-order valence-corrected chi connectivity index (χ3v) is 4.19. The number of benzene rings is 1. The molecule has 0 spiro atoms. The van der Waals surface area contributed by atoms with E-state index in [1.54, 1.807) is 4.98 Å². The summed E-state index contributed by atoms with van der Waals surface area (Å²) in [7, 11) is 0. The van der Waals surface area contributed by atoms with Crippen molar-refractivity contribution in [3.8, 4) is 5.75 Å². The number of aromatic nitrogens is 4. The minimum Gasteiger partial charge on any atom is -0.404 e. The van der Waals surface area contributed by atoms with Gasteiger partial charge in [0.25, 0.3) is 5.56 Å². The molecule has 2 N–H and O–H groups in total. The van der Waals surface area contributed by atoms with Crippen molar-refractivity contribution in [3.05, 3.63) is 55.3 Å². The largest absolute Gasteiger partial charge is 0.573 e. The summed E-state index contributed by atoms with van der Waals surface area (Å²) in [5, 5.41) is 2.06. The number of rotatable bonds is 3. The Morgan fingerprint density at radius 1 is 1.14 bits per heavy atom. The van der Waals surface area contributed by atoms with E-state index in [9.17, 15) is 35.9 Å². The maximum atomic E-state index is 13.3. The Kier molecular flexibility index (Phi) is 4.89. The van der Waals surface area contributed by atoms with E-state index >= 15 is 0 Å². The fourth-order valence-electron chi connectivity index (χ4n) is 2.68. The van der Waals surface area contributed by atoms with Crippen LogP contribution < -0.4 is 16.0 Å². The highest BCUT2D eigenvalue weighted by molar-refractivity contribution is 6.32. The number of aromatic amines is 2. The lowest BCUT2D eigenvalue weighted by molar-refractivity contribution is -0.274. The lowest BCUT2D eigenvalue weighted by Gasteiger charge is -2.16.